The number of aromatic nitrogens is 3. The van der Waals surface area contributed by atoms with Crippen molar-refractivity contribution in [1.29, 1.82) is 0 Å². The lowest BCUT2D eigenvalue weighted by Crippen LogP contribution is -2.33. The Labute approximate surface area is 184 Å². The molecule has 32 heavy (non-hydrogen) atoms. The molecule has 1 aliphatic heterocycles. The van der Waals surface area contributed by atoms with Crippen molar-refractivity contribution >= 4 is 33.8 Å². The van der Waals surface area contributed by atoms with Gasteiger partial charge in [0.25, 0.3) is 0 Å². The first-order valence-corrected chi connectivity index (χ1v) is 10.8. The molecule has 1 aliphatic rings. The quantitative estimate of drug-likeness (QED) is 0.505. The summed E-state index contributed by atoms with van der Waals surface area (Å²) in [6, 6.07) is 14.7. The van der Waals surface area contributed by atoms with Crippen molar-refractivity contribution in [3.8, 4) is 0 Å². The number of nitrogens with two attached hydrogens (primary N) is 1. The van der Waals surface area contributed by atoms with E-state index in [4.69, 9.17) is 5.73 Å². The third-order valence-electron chi connectivity index (χ3n) is 6.32. The number of imidazole rings is 1. The molecule has 0 radical (unpaired) electrons. The molecule has 1 fully saturated rings. The van der Waals surface area contributed by atoms with Crippen LogP contribution in [0.5, 0.6) is 0 Å². The number of para-hydroxylation sites is 2. The number of aliphatic hydroxyl groups is 1. The zero-order valence-corrected chi connectivity index (χ0v) is 17.8. The van der Waals surface area contributed by atoms with Gasteiger partial charge in [0.1, 0.15) is 12.4 Å². The minimum Gasteiger partial charge on any atom is -0.389 e. The lowest BCUT2D eigenvalue weighted by atomic mass is 10.1. The number of rotatable bonds is 5. The van der Waals surface area contributed by atoms with E-state index in [1.54, 1.807) is 17.0 Å². The van der Waals surface area contributed by atoms with E-state index < -0.39 is 12.0 Å². The molecule has 3 heterocycles. The van der Waals surface area contributed by atoms with Crippen molar-refractivity contribution in [3.05, 3.63) is 66.1 Å². The number of β-amino-alcohol motifs (C(OH)–C–C–N with tert-alkyl or cyclic N) is 1. The summed E-state index contributed by atoms with van der Waals surface area (Å²) < 4.78 is 3.94. The van der Waals surface area contributed by atoms with Crippen molar-refractivity contribution in [3.63, 3.8) is 0 Å². The molecule has 0 saturated carbocycles. The van der Waals surface area contributed by atoms with Crippen molar-refractivity contribution in [2.24, 2.45) is 5.73 Å². The van der Waals surface area contributed by atoms with Crippen LogP contribution >= 0.6 is 0 Å². The lowest BCUT2D eigenvalue weighted by molar-refractivity contribution is -0.131. The van der Waals surface area contributed by atoms with Gasteiger partial charge in [-0.2, -0.15) is 0 Å². The Hall–Kier alpha value is -3.65. The standard InChI is InChI=1S/C24H25N5O3/c1-2-22-26-17-5-3-4-6-19(17)29(22)14-23(31)27-12-20(21(30)13-27)28-10-9-15-11-16(24(25)32)7-8-18(15)28/h3-11,20-21,30H,2,12-14H2,1H3,(H2,25,32)/t20-,21-/m1/s1. The molecule has 4 aromatic rings. The Balaban J connectivity index is 1.38. The predicted molar refractivity (Wildman–Crippen MR) is 121 cm³/mol. The Bertz CT molecular complexity index is 1340. The fourth-order valence-electron chi connectivity index (χ4n) is 4.66. The number of amides is 2. The minimum absolute atomic E-state index is 0.0446. The van der Waals surface area contributed by atoms with Crippen LogP contribution in [0.3, 0.4) is 0 Å². The van der Waals surface area contributed by atoms with Crippen LogP contribution in [0.2, 0.25) is 0 Å². The maximum Gasteiger partial charge on any atom is 0.248 e. The summed E-state index contributed by atoms with van der Waals surface area (Å²) in [5.41, 5.74) is 8.54. The van der Waals surface area contributed by atoms with Crippen LogP contribution in [0.25, 0.3) is 21.9 Å². The predicted octanol–water partition coefficient (Wildman–Crippen LogP) is 2.10. The maximum absolute atomic E-state index is 13.2. The third kappa shape index (κ3) is 3.33. The smallest absolute Gasteiger partial charge is 0.248 e. The molecule has 0 unspecified atom stereocenters. The molecular weight excluding hydrogens is 406 g/mol. The first-order valence-electron chi connectivity index (χ1n) is 10.8. The molecule has 8 heteroatoms. The van der Waals surface area contributed by atoms with E-state index >= 15 is 0 Å². The molecule has 0 aliphatic carbocycles. The van der Waals surface area contributed by atoms with E-state index in [-0.39, 0.29) is 25.0 Å². The van der Waals surface area contributed by atoms with Gasteiger partial charge in [0.05, 0.1) is 23.2 Å². The molecule has 2 aromatic carbocycles. The maximum atomic E-state index is 13.2. The highest BCUT2D eigenvalue weighted by Gasteiger charge is 2.35. The molecular formula is C24H25N5O3. The number of aryl methyl sites for hydroxylation is 1. The number of carbonyl (C=O) groups excluding carboxylic acids is 2. The monoisotopic (exact) mass is 431 g/mol. The van der Waals surface area contributed by atoms with E-state index in [9.17, 15) is 14.7 Å². The van der Waals surface area contributed by atoms with Crippen molar-refractivity contribution in [2.75, 3.05) is 13.1 Å². The zero-order valence-electron chi connectivity index (χ0n) is 17.8. The van der Waals surface area contributed by atoms with Crippen molar-refractivity contribution in [2.45, 2.75) is 32.0 Å². The highest BCUT2D eigenvalue weighted by Crippen LogP contribution is 2.29. The van der Waals surface area contributed by atoms with Crippen LogP contribution in [0.1, 0.15) is 29.1 Å². The second-order valence-corrected chi connectivity index (χ2v) is 8.25. The molecule has 2 atom stereocenters. The summed E-state index contributed by atoms with van der Waals surface area (Å²) in [6.07, 6.45) is 1.93. The van der Waals surface area contributed by atoms with Crippen LogP contribution in [0, 0.1) is 0 Å². The summed E-state index contributed by atoms with van der Waals surface area (Å²) in [5.74, 6) is 0.352. The van der Waals surface area contributed by atoms with Gasteiger partial charge in [-0.15, -0.1) is 0 Å². The molecule has 2 amide bonds. The van der Waals surface area contributed by atoms with Gasteiger partial charge in [-0.05, 0) is 36.4 Å². The van der Waals surface area contributed by atoms with Crippen LogP contribution in [-0.4, -0.2) is 55.1 Å². The van der Waals surface area contributed by atoms with Gasteiger partial charge in [0, 0.05) is 42.2 Å². The summed E-state index contributed by atoms with van der Waals surface area (Å²) in [5, 5.41) is 11.6. The van der Waals surface area contributed by atoms with E-state index in [0.717, 1.165) is 34.2 Å². The number of hydrogen-bond donors (Lipinski definition) is 2. The molecule has 2 aromatic heterocycles. The molecule has 1 saturated heterocycles. The van der Waals surface area contributed by atoms with Gasteiger partial charge in [0.2, 0.25) is 11.8 Å². The Kier molecular flexibility index (Phi) is 4.94. The molecule has 8 nitrogen and oxygen atoms in total. The SMILES string of the molecule is CCc1nc2ccccc2n1CC(=O)N1C[C@@H](O)[C@H](n2ccc3cc(C(N)=O)ccc32)C1. The second-order valence-electron chi connectivity index (χ2n) is 8.25. The van der Waals surface area contributed by atoms with Crippen molar-refractivity contribution in [1.82, 2.24) is 19.0 Å². The average Bonchev–Trinajstić information content (AvgIpc) is 3.48. The van der Waals surface area contributed by atoms with E-state index in [2.05, 4.69) is 4.98 Å². The summed E-state index contributed by atoms with van der Waals surface area (Å²) in [7, 11) is 0. The summed E-state index contributed by atoms with van der Waals surface area (Å²) in [4.78, 5) is 31.0. The first-order chi connectivity index (χ1) is 15.5. The highest BCUT2D eigenvalue weighted by atomic mass is 16.3. The largest absolute Gasteiger partial charge is 0.389 e. The van der Waals surface area contributed by atoms with Gasteiger partial charge in [0.15, 0.2) is 0 Å². The topological polar surface area (TPSA) is 106 Å². The van der Waals surface area contributed by atoms with Gasteiger partial charge >= 0.3 is 0 Å². The van der Waals surface area contributed by atoms with Gasteiger partial charge in [-0.1, -0.05) is 19.1 Å². The van der Waals surface area contributed by atoms with Crippen LogP contribution < -0.4 is 5.73 Å². The Morgan fingerprint density at radius 2 is 1.94 bits per heavy atom. The Morgan fingerprint density at radius 3 is 2.72 bits per heavy atom. The molecule has 0 bridgehead atoms. The minimum atomic E-state index is -0.685. The normalized spacial score (nSPS) is 18.6. The summed E-state index contributed by atoms with van der Waals surface area (Å²) in [6.45, 7) is 2.90. The van der Waals surface area contributed by atoms with Crippen LogP contribution in [0.15, 0.2) is 54.7 Å². The van der Waals surface area contributed by atoms with Crippen molar-refractivity contribution < 1.29 is 14.7 Å². The number of hydrogen-bond acceptors (Lipinski definition) is 4. The van der Waals surface area contributed by atoms with E-state index in [1.165, 1.54) is 0 Å². The number of aliphatic hydroxyl groups excluding tert-OH is 1. The average molecular weight is 431 g/mol. The van der Waals surface area contributed by atoms with Crippen LogP contribution in [-0.2, 0) is 17.8 Å². The fourth-order valence-corrected chi connectivity index (χ4v) is 4.66. The van der Waals surface area contributed by atoms with Gasteiger partial charge in [-0.3, -0.25) is 9.59 Å². The first kappa shape index (κ1) is 20.3. The van der Waals surface area contributed by atoms with E-state index in [1.807, 2.05) is 58.7 Å². The number of carbonyl (C=O) groups is 2. The highest BCUT2D eigenvalue weighted by molar-refractivity contribution is 5.97. The van der Waals surface area contributed by atoms with Gasteiger partial charge in [-0.25, -0.2) is 4.98 Å². The number of fused-ring (bicyclic) bond motifs is 2. The number of nitrogens with zero attached hydrogens (tertiary/aromatic N) is 4. The summed E-state index contributed by atoms with van der Waals surface area (Å²) >= 11 is 0. The molecule has 164 valence electrons. The third-order valence-corrected chi connectivity index (χ3v) is 6.32. The number of primary amides is 1. The fraction of sp³-hybridized carbons (Fsp3) is 0.292. The number of likely N-dealkylation sites (tertiary alicyclic amines) is 1. The number of benzene rings is 2. The van der Waals surface area contributed by atoms with Crippen LogP contribution in [0.4, 0.5) is 0 Å². The molecule has 3 N–H and O–H groups in total. The zero-order chi connectivity index (χ0) is 22.4. The molecule has 5 rings (SSSR count). The van der Waals surface area contributed by atoms with Gasteiger partial charge < -0.3 is 24.9 Å². The lowest BCUT2D eigenvalue weighted by Gasteiger charge is -2.19. The molecule has 0 spiro atoms. The van der Waals surface area contributed by atoms with E-state index in [0.29, 0.717) is 12.1 Å². The second kappa shape index (κ2) is 7.80. The Morgan fingerprint density at radius 1 is 1.12 bits per heavy atom.